The third kappa shape index (κ3) is 4.65. The van der Waals surface area contributed by atoms with Gasteiger partial charge in [-0.25, -0.2) is 4.98 Å². The zero-order chi connectivity index (χ0) is 24.8. The molecule has 6 rings (SSSR count). The number of aromatic nitrogens is 4. The number of benzene rings is 1. The fraction of sp³-hybridized carbons (Fsp3) is 0.571. The molecule has 1 aromatic carbocycles. The molecule has 3 aliphatic rings. The van der Waals surface area contributed by atoms with Crippen LogP contribution in [0.1, 0.15) is 80.3 Å². The summed E-state index contributed by atoms with van der Waals surface area (Å²) in [5, 5.41) is 10.7. The van der Waals surface area contributed by atoms with Crippen molar-refractivity contribution in [2.45, 2.75) is 77.4 Å². The van der Waals surface area contributed by atoms with Crippen LogP contribution in [0.5, 0.6) is 0 Å². The molecule has 2 aliphatic carbocycles. The predicted molar refractivity (Wildman–Crippen MR) is 137 cm³/mol. The Balaban J connectivity index is 1.28. The van der Waals surface area contributed by atoms with Gasteiger partial charge in [-0.15, -0.1) is 0 Å². The van der Waals surface area contributed by atoms with E-state index in [-0.39, 0.29) is 29.8 Å². The number of imidazole rings is 1. The summed E-state index contributed by atoms with van der Waals surface area (Å²) in [4.78, 5) is 34.3. The van der Waals surface area contributed by atoms with Gasteiger partial charge in [0.15, 0.2) is 0 Å². The van der Waals surface area contributed by atoms with E-state index in [0.29, 0.717) is 30.0 Å². The molecule has 0 bridgehead atoms. The lowest BCUT2D eigenvalue weighted by Crippen LogP contribution is -2.43. The molecule has 8 heteroatoms. The first kappa shape index (κ1) is 23.3. The standard InChI is InChI=1S/C28H36N6O2/c1-3-34-23(12-13-29-34)28(36)33-25(24(18-7-8-18)19-9-10-19)26-31-21-11-5-17(15-22(21)32-26)14-20-6-4-16(2)30-27(20)35/h5,11-13,15-16,18-20,24-25H,3-4,6-10,14H2,1-2H3,(H,30,35)(H,31,32)(H,33,36). The number of hydrogen-bond acceptors (Lipinski definition) is 4. The quantitative estimate of drug-likeness (QED) is 0.421. The number of H-pyrrole nitrogens is 1. The summed E-state index contributed by atoms with van der Waals surface area (Å²) in [5.74, 6) is 2.62. The van der Waals surface area contributed by atoms with Crippen LogP contribution in [0.2, 0.25) is 0 Å². The zero-order valence-electron chi connectivity index (χ0n) is 21.2. The van der Waals surface area contributed by atoms with Crippen LogP contribution in [0, 0.1) is 23.7 Å². The van der Waals surface area contributed by atoms with Gasteiger partial charge in [0.05, 0.1) is 17.1 Å². The first-order valence-corrected chi connectivity index (χ1v) is 13.6. The lowest BCUT2D eigenvalue weighted by molar-refractivity contribution is -0.127. The van der Waals surface area contributed by atoms with Crippen molar-refractivity contribution >= 4 is 22.8 Å². The summed E-state index contributed by atoms with van der Waals surface area (Å²) in [6, 6.07) is 8.16. The number of hydrogen-bond donors (Lipinski definition) is 3. The second kappa shape index (κ2) is 9.37. The lowest BCUT2D eigenvalue weighted by Gasteiger charge is -2.27. The number of amides is 2. The number of fused-ring (bicyclic) bond motifs is 1. The Morgan fingerprint density at radius 2 is 1.92 bits per heavy atom. The highest BCUT2D eigenvalue weighted by Gasteiger charge is 2.47. The van der Waals surface area contributed by atoms with Gasteiger partial charge >= 0.3 is 0 Å². The highest BCUT2D eigenvalue weighted by molar-refractivity contribution is 5.92. The van der Waals surface area contributed by atoms with E-state index in [1.807, 2.05) is 13.0 Å². The number of carbonyl (C=O) groups is 2. The maximum Gasteiger partial charge on any atom is 0.270 e. The van der Waals surface area contributed by atoms with Crippen molar-refractivity contribution in [2.75, 3.05) is 0 Å². The van der Waals surface area contributed by atoms with Crippen molar-refractivity contribution in [3.8, 4) is 0 Å². The molecular formula is C28H36N6O2. The van der Waals surface area contributed by atoms with Crippen LogP contribution in [0.3, 0.4) is 0 Å². The number of piperidine rings is 1. The first-order chi connectivity index (χ1) is 17.5. The number of carbonyl (C=O) groups excluding carboxylic acids is 2. The summed E-state index contributed by atoms with van der Waals surface area (Å²) >= 11 is 0. The topological polar surface area (TPSA) is 105 Å². The van der Waals surface area contributed by atoms with E-state index in [4.69, 9.17) is 4.98 Å². The second-order valence-corrected chi connectivity index (χ2v) is 11.1. The van der Waals surface area contributed by atoms with E-state index in [2.05, 4.69) is 39.8 Å². The Morgan fingerprint density at radius 3 is 2.61 bits per heavy atom. The third-order valence-corrected chi connectivity index (χ3v) is 8.30. The Labute approximate surface area is 211 Å². The van der Waals surface area contributed by atoms with E-state index < -0.39 is 0 Å². The van der Waals surface area contributed by atoms with Crippen molar-refractivity contribution in [2.24, 2.45) is 23.7 Å². The van der Waals surface area contributed by atoms with Crippen LogP contribution in [0.4, 0.5) is 0 Å². The SMILES string of the molecule is CCn1nccc1C(=O)NC(c1nc2ccc(CC3CCC(C)NC3=O)cc2[nH]1)C(C1CC1)C1CC1. The van der Waals surface area contributed by atoms with Crippen LogP contribution in [-0.4, -0.2) is 37.6 Å². The number of rotatable bonds is 9. The van der Waals surface area contributed by atoms with Gasteiger partial charge in [-0.3, -0.25) is 14.3 Å². The Bertz CT molecular complexity index is 1260. The molecule has 2 aromatic heterocycles. The van der Waals surface area contributed by atoms with Crippen LogP contribution in [0.15, 0.2) is 30.5 Å². The molecule has 1 aliphatic heterocycles. The van der Waals surface area contributed by atoms with Gasteiger partial charge in [0.25, 0.3) is 5.91 Å². The maximum absolute atomic E-state index is 13.4. The van der Waals surface area contributed by atoms with E-state index in [1.54, 1.807) is 16.9 Å². The molecule has 3 unspecified atom stereocenters. The second-order valence-electron chi connectivity index (χ2n) is 11.1. The fourth-order valence-electron chi connectivity index (χ4n) is 6.08. The Hall–Kier alpha value is -3.16. The first-order valence-electron chi connectivity index (χ1n) is 13.6. The minimum atomic E-state index is -0.154. The van der Waals surface area contributed by atoms with Crippen molar-refractivity contribution in [3.63, 3.8) is 0 Å². The van der Waals surface area contributed by atoms with Crippen LogP contribution in [0.25, 0.3) is 11.0 Å². The normalized spacial score (nSPS) is 23.1. The van der Waals surface area contributed by atoms with Crippen molar-refractivity contribution in [3.05, 3.63) is 47.5 Å². The van der Waals surface area contributed by atoms with Gasteiger partial charge in [0.2, 0.25) is 5.91 Å². The molecule has 0 radical (unpaired) electrons. The molecule has 36 heavy (non-hydrogen) atoms. The number of aryl methyl sites for hydroxylation is 1. The molecule has 3 N–H and O–H groups in total. The minimum Gasteiger partial charge on any atom is -0.353 e. The fourth-order valence-corrected chi connectivity index (χ4v) is 6.08. The molecule has 3 heterocycles. The highest BCUT2D eigenvalue weighted by Crippen LogP contribution is 2.54. The average Bonchev–Trinajstić information content (AvgIpc) is 3.79. The monoisotopic (exact) mass is 488 g/mol. The number of nitrogens with zero attached hydrogens (tertiary/aromatic N) is 3. The van der Waals surface area contributed by atoms with Gasteiger partial charge in [-0.1, -0.05) is 6.07 Å². The van der Waals surface area contributed by atoms with Gasteiger partial charge in [-0.2, -0.15) is 5.10 Å². The van der Waals surface area contributed by atoms with Crippen molar-refractivity contribution in [1.82, 2.24) is 30.4 Å². The van der Waals surface area contributed by atoms with Crippen LogP contribution < -0.4 is 10.6 Å². The highest BCUT2D eigenvalue weighted by atomic mass is 16.2. The van der Waals surface area contributed by atoms with Gasteiger partial charge in [-0.05, 0) is 100 Å². The van der Waals surface area contributed by atoms with Crippen molar-refractivity contribution in [1.29, 1.82) is 0 Å². The van der Waals surface area contributed by atoms with E-state index in [0.717, 1.165) is 41.7 Å². The summed E-state index contributed by atoms with van der Waals surface area (Å²) in [6.45, 7) is 4.71. The largest absolute Gasteiger partial charge is 0.353 e. The zero-order valence-corrected chi connectivity index (χ0v) is 21.2. The van der Waals surface area contributed by atoms with E-state index in [1.165, 1.54) is 25.7 Å². The molecule has 190 valence electrons. The smallest absolute Gasteiger partial charge is 0.270 e. The van der Waals surface area contributed by atoms with Crippen molar-refractivity contribution < 1.29 is 9.59 Å². The molecule has 3 aromatic rings. The van der Waals surface area contributed by atoms with Gasteiger partial charge < -0.3 is 15.6 Å². The van der Waals surface area contributed by atoms with Crippen LogP contribution in [-0.2, 0) is 17.8 Å². The number of nitrogens with one attached hydrogen (secondary N) is 3. The third-order valence-electron chi connectivity index (χ3n) is 8.30. The maximum atomic E-state index is 13.4. The summed E-state index contributed by atoms with van der Waals surface area (Å²) in [6.07, 6.45) is 9.28. The summed E-state index contributed by atoms with van der Waals surface area (Å²) in [7, 11) is 0. The molecule has 8 nitrogen and oxygen atoms in total. The molecule has 3 atom stereocenters. The summed E-state index contributed by atoms with van der Waals surface area (Å²) in [5.41, 5.74) is 3.60. The molecule has 0 spiro atoms. The molecule has 1 saturated heterocycles. The van der Waals surface area contributed by atoms with E-state index >= 15 is 0 Å². The molecule has 3 fully saturated rings. The minimum absolute atomic E-state index is 0.0191. The Morgan fingerprint density at radius 1 is 1.14 bits per heavy atom. The van der Waals surface area contributed by atoms with Gasteiger partial charge in [0, 0.05) is 24.7 Å². The lowest BCUT2D eigenvalue weighted by atomic mass is 9.88. The predicted octanol–water partition coefficient (Wildman–Crippen LogP) is 4.14. The number of aromatic amines is 1. The molecular weight excluding hydrogens is 452 g/mol. The summed E-state index contributed by atoms with van der Waals surface area (Å²) < 4.78 is 1.74. The Kier molecular flexibility index (Phi) is 6.05. The van der Waals surface area contributed by atoms with E-state index in [9.17, 15) is 9.59 Å². The van der Waals surface area contributed by atoms with Gasteiger partial charge in [0.1, 0.15) is 11.5 Å². The average molecular weight is 489 g/mol. The molecule has 2 saturated carbocycles. The molecule has 2 amide bonds. The van der Waals surface area contributed by atoms with Crippen LogP contribution >= 0.6 is 0 Å².